The van der Waals surface area contributed by atoms with Crippen molar-refractivity contribution in [1.82, 2.24) is 19.8 Å². The minimum atomic E-state index is -3.48. The van der Waals surface area contributed by atoms with E-state index in [1.807, 2.05) is 12.1 Å². The second-order valence-electron chi connectivity index (χ2n) is 12.9. The van der Waals surface area contributed by atoms with E-state index in [1.54, 1.807) is 31.4 Å². The number of benzene rings is 2. The van der Waals surface area contributed by atoms with Crippen molar-refractivity contribution in [1.29, 1.82) is 0 Å². The first-order valence-electron chi connectivity index (χ1n) is 17.2. The van der Waals surface area contributed by atoms with Crippen molar-refractivity contribution < 1.29 is 22.7 Å². The lowest BCUT2D eigenvalue weighted by molar-refractivity contribution is -0.145. The maximum atomic E-state index is 12.2. The van der Waals surface area contributed by atoms with E-state index in [9.17, 15) is 13.2 Å². The number of halogens is 1. The van der Waals surface area contributed by atoms with E-state index in [0.717, 1.165) is 83.4 Å². The monoisotopic (exact) mass is 728 g/mol. The van der Waals surface area contributed by atoms with Crippen molar-refractivity contribution >= 4 is 62.1 Å². The molecule has 0 unspecified atom stereocenters. The molecule has 50 heavy (non-hydrogen) atoms. The van der Waals surface area contributed by atoms with Gasteiger partial charge in [-0.3, -0.25) is 14.0 Å². The largest absolute Gasteiger partial charge is 0.494 e. The number of para-hydroxylation sites is 2. The van der Waals surface area contributed by atoms with Gasteiger partial charge in [0.05, 0.1) is 49.8 Å². The molecular formula is C35H49ClN8O5S. The average Bonchev–Trinajstić information content (AvgIpc) is 3.11. The Balaban J connectivity index is 1.14. The lowest BCUT2D eigenvalue weighted by Gasteiger charge is -2.39. The number of aromatic nitrogens is 2. The molecule has 5 rings (SSSR count). The van der Waals surface area contributed by atoms with Crippen LogP contribution in [-0.4, -0.2) is 114 Å². The molecule has 0 spiro atoms. The van der Waals surface area contributed by atoms with Gasteiger partial charge in [-0.25, -0.2) is 13.4 Å². The molecule has 3 aromatic rings. The first kappa shape index (κ1) is 37.4. The highest BCUT2D eigenvalue weighted by atomic mass is 35.5. The zero-order chi connectivity index (χ0) is 35.7. The Morgan fingerprint density at radius 1 is 1.02 bits per heavy atom. The minimum absolute atomic E-state index is 0.111. The molecule has 2 aliphatic rings. The summed E-state index contributed by atoms with van der Waals surface area (Å²) >= 11 is 6.44. The number of piperidine rings is 1. The molecule has 0 amide bonds. The molecule has 15 heteroatoms. The van der Waals surface area contributed by atoms with Crippen molar-refractivity contribution in [3.05, 3.63) is 53.7 Å². The summed E-state index contributed by atoms with van der Waals surface area (Å²) in [6, 6.07) is 13.1. The molecule has 0 bridgehead atoms. The van der Waals surface area contributed by atoms with Crippen LogP contribution in [0.15, 0.2) is 48.7 Å². The van der Waals surface area contributed by atoms with E-state index in [1.165, 1.54) is 17.5 Å². The Bertz CT molecular complexity index is 1700. The van der Waals surface area contributed by atoms with E-state index < -0.39 is 10.0 Å². The molecule has 2 aromatic carbocycles. The third kappa shape index (κ3) is 10.1. The fourth-order valence-electron chi connectivity index (χ4n) is 6.20. The number of carbonyl (C=O) groups excluding carboxylic acids is 1. The third-order valence-corrected chi connectivity index (χ3v) is 10.7. The van der Waals surface area contributed by atoms with Gasteiger partial charge in [0, 0.05) is 64.6 Å². The van der Waals surface area contributed by atoms with Gasteiger partial charge in [-0.2, -0.15) is 4.98 Å². The van der Waals surface area contributed by atoms with Gasteiger partial charge in [0.15, 0.2) is 5.82 Å². The number of anilines is 6. The van der Waals surface area contributed by atoms with Crippen molar-refractivity contribution in [3.8, 4) is 5.75 Å². The lowest BCUT2D eigenvalue weighted by Crippen LogP contribution is -2.50. The molecule has 2 fully saturated rings. The smallest absolute Gasteiger partial charge is 0.320 e. The number of hydrogen-bond acceptors (Lipinski definition) is 12. The summed E-state index contributed by atoms with van der Waals surface area (Å²) < 4.78 is 36.7. The van der Waals surface area contributed by atoms with Crippen LogP contribution in [0.1, 0.15) is 32.6 Å². The first-order chi connectivity index (χ1) is 24.0. The Morgan fingerprint density at radius 3 is 2.44 bits per heavy atom. The SMILES string of the molecule is CCCCOC(=O)CN1CCN(CC2CCN(c3ccc(Nc4ncc(Cl)c(Nc5ccccc5N(C)S(C)(=O)=O)n4)c(OC)c3)CC2)CC1. The second kappa shape index (κ2) is 17.4. The predicted octanol–water partition coefficient (Wildman–Crippen LogP) is 5.20. The van der Waals surface area contributed by atoms with Gasteiger partial charge < -0.3 is 29.9 Å². The van der Waals surface area contributed by atoms with E-state index in [-0.39, 0.29) is 11.0 Å². The maximum absolute atomic E-state index is 12.2. The molecule has 0 saturated carbocycles. The van der Waals surface area contributed by atoms with Crippen LogP contribution in [0.2, 0.25) is 5.02 Å². The molecule has 0 radical (unpaired) electrons. The number of sulfonamides is 1. The fraction of sp³-hybridized carbons (Fsp3) is 0.514. The average molecular weight is 729 g/mol. The van der Waals surface area contributed by atoms with Crippen LogP contribution in [0.5, 0.6) is 5.75 Å². The van der Waals surface area contributed by atoms with Crippen LogP contribution >= 0.6 is 11.6 Å². The second-order valence-corrected chi connectivity index (χ2v) is 15.3. The highest BCUT2D eigenvalue weighted by Crippen LogP contribution is 2.35. The Morgan fingerprint density at radius 2 is 1.74 bits per heavy atom. The van der Waals surface area contributed by atoms with Gasteiger partial charge in [0.2, 0.25) is 16.0 Å². The number of rotatable bonds is 15. The quantitative estimate of drug-likeness (QED) is 0.158. The molecular weight excluding hydrogens is 680 g/mol. The molecule has 2 N–H and O–H groups in total. The summed E-state index contributed by atoms with van der Waals surface area (Å²) in [6.07, 6.45) is 6.81. The van der Waals surface area contributed by atoms with Gasteiger partial charge in [0.25, 0.3) is 0 Å². The zero-order valence-electron chi connectivity index (χ0n) is 29.4. The van der Waals surface area contributed by atoms with E-state index >= 15 is 0 Å². The van der Waals surface area contributed by atoms with Crippen LogP contribution in [0.3, 0.4) is 0 Å². The predicted molar refractivity (Wildman–Crippen MR) is 200 cm³/mol. The van der Waals surface area contributed by atoms with E-state index in [0.29, 0.717) is 53.6 Å². The molecule has 2 aliphatic heterocycles. The van der Waals surface area contributed by atoms with Gasteiger partial charge in [0.1, 0.15) is 10.8 Å². The standard InChI is InChI=1S/C35H49ClN8O5S/c1-5-6-21-49-33(45)25-43-19-17-42(18-20-43)24-26-13-15-44(16-14-26)27-11-12-30(32(22-27)48-3)39-35-37-23-28(36)34(40-35)38-29-9-7-8-10-31(29)41(2)50(4,46)47/h7-12,22-23,26H,5-6,13-21,24-25H2,1-4H3,(H2,37,38,39,40). The molecule has 272 valence electrons. The maximum Gasteiger partial charge on any atom is 0.320 e. The van der Waals surface area contributed by atoms with Gasteiger partial charge in [-0.15, -0.1) is 0 Å². The van der Waals surface area contributed by atoms with Crippen LogP contribution in [-0.2, 0) is 19.6 Å². The normalized spacial score (nSPS) is 16.2. The Kier molecular flexibility index (Phi) is 13.0. The number of piperazine rings is 1. The first-order valence-corrected chi connectivity index (χ1v) is 19.4. The summed E-state index contributed by atoms with van der Waals surface area (Å²) in [5.74, 6) is 1.81. The van der Waals surface area contributed by atoms with Crippen molar-refractivity contribution in [3.63, 3.8) is 0 Å². The van der Waals surface area contributed by atoms with Gasteiger partial charge >= 0.3 is 5.97 Å². The molecule has 0 atom stereocenters. The van der Waals surface area contributed by atoms with E-state index in [2.05, 4.69) is 48.3 Å². The minimum Gasteiger partial charge on any atom is -0.494 e. The molecule has 3 heterocycles. The summed E-state index contributed by atoms with van der Waals surface area (Å²) in [5, 5.41) is 6.68. The van der Waals surface area contributed by atoms with Crippen LogP contribution in [0, 0.1) is 5.92 Å². The van der Waals surface area contributed by atoms with Crippen LogP contribution in [0.4, 0.5) is 34.5 Å². The Hall–Kier alpha value is -3.85. The van der Waals surface area contributed by atoms with Crippen molar-refractivity contribution in [2.45, 2.75) is 32.6 Å². The molecule has 13 nitrogen and oxygen atoms in total. The summed E-state index contributed by atoms with van der Waals surface area (Å²) in [6.45, 7) is 9.79. The molecule has 2 saturated heterocycles. The van der Waals surface area contributed by atoms with Crippen LogP contribution < -0.4 is 24.6 Å². The third-order valence-electron chi connectivity index (χ3n) is 9.24. The number of carbonyl (C=O) groups is 1. The number of nitrogens with zero attached hydrogens (tertiary/aromatic N) is 6. The van der Waals surface area contributed by atoms with Crippen molar-refractivity contribution in [2.24, 2.45) is 5.92 Å². The highest BCUT2D eigenvalue weighted by molar-refractivity contribution is 7.92. The number of esters is 1. The van der Waals surface area contributed by atoms with Gasteiger partial charge in [-0.05, 0) is 49.4 Å². The lowest BCUT2D eigenvalue weighted by atomic mass is 9.95. The highest BCUT2D eigenvalue weighted by Gasteiger charge is 2.26. The summed E-state index contributed by atoms with van der Waals surface area (Å²) in [7, 11) is -0.357. The molecule has 0 aliphatic carbocycles. The van der Waals surface area contributed by atoms with Crippen molar-refractivity contribution in [2.75, 3.05) is 99.2 Å². The number of unbranched alkanes of at least 4 members (excludes halogenated alkanes) is 1. The number of hydrogen-bond donors (Lipinski definition) is 2. The number of nitrogens with one attached hydrogen (secondary N) is 2. The molecule has 1 aromatic heterocycles. The van der Waals surface area contributed by atoms with Crippen LogP contribution in [0.25, 0.3) is 0 Å². The summed E-state index contributed by atoms with van der Waals surface area (Å²) in [5.41, 5.74) is 2.77. The topological polar surface area (TPSA) is 132 Å². The number of methoxy groups -OCH3 is 1. The van der Waals surface area contributed by atoms with E-state index in [4.69, 9.17) is 21.1 Å². The number of ether oxygens (including phenoxy) is 2. The Labute approximate surface area is 300 Å². The zero-order valence-corrected chi connectivity index (χ0v) is 31.0. The van der Waals surface area contributed by atoms with Gasteiger partial charge in [-0.1, -0.05) is 37.1 Å². The summed E-state index contributed by atoms with van der Waals surface area (Å²) in [4.78, 5) is 28.1. The fourth-order valence-corrected chi connectivity index (χ4v) is 6.86.